The molecule has 1 heterocycles. The number of hydrogen-bond donors (Lipinski definition) is 1. The van der Waals surface area contributed by atoms with E-state index in [0.717, 1.165) is 26.2 Å². The Hall–Kier alpha value is -0.450. The second-order valence-electron chi connectivity index (χ2n) is 7.22. The van der Waals surface area contributed by atoms with Gasteiger partial charge in [-0.2, -0.15) is 0 Å². The molecule has 0 bridgehead atoms. The highest BCUT2D eigenvalue weighted by Crippen LogP contribution is 2.32. The number of nitrogens with one attached hydrogen (secondary N) is 1. The Balaban J connectivity index is 2.39. The molecule has 0 fully saturated rings. The summed E-state index contributed by atoms with van der Waals surface area (Å²) >= 11 is 1.84. The van der Waals surface area contributed by atoms with Crippen LogP contribution < -0.4 is 5.32 Å². The van der Waals surface area contributed by atoms with E-state index in [1.165, 1.54) is 15.6 Å². The van der Waals surface area contributed by atoms with E-state index in [1.807, 2.05) is 11.3 Å². The summed E-state index contributed by atoms with van der Waals surface area (Å²) in [6, 6.07) is 0.365. The fourth-order valence-electron chi connectivity index (χ4n) is 2.04. The molecule has 0 aliphatic heterocycles. The third-order valence-electron chi connectivity index (χ3n) is 3.23. The maximum absolute atomic E-state index is 5.61. The van der Waals surface area contributed by atoms with Gasteiger partial charge in [-0.3, -0.25) is 0 Å². The Labute approximate surface area is 134 Å². The van der Waals surface area contributed by atoms with Gasteiger partial charge in [0.25, 0.3) is 0 Å². The van der Waals surface area contributed by atoms with Gasteiger partial charge in [0.1, 0.15) is 0 Å². The third kappa shape index (κ3) is 6.45. The van der Waals surface area contributed by atoms with Crippen molar-refractivity contribution in [3.8, 4) is 0 Å². The Morgan fingerprint density at radius 1 is 1.24 bits per heavy atom. The summed E-state index contributed by atoms with van der Waals surface area (Å²) < 4.78 is 5.61. The Morgan fingerprint density at radius 3 is 2.43 bits per heavy atom. The lowest BCUT2D eigenvalue weighted by molar-refractivity contribution is 0.107. The number of rotatable bonds is 8. The quantitative estimate of drug-likeness (QED) is 0.720. The van der Waals surface area contributed by atoms with Gasteiger partial charge in [-0.25, -0.2) is 4.98 Å². The second kappa shape index (κ2) is 8.25. The van der Waals surface area contributed by atoms with Gasteiger partial charge in [-0.1, -0.05) is 34.6 Å². The summed E-state index contributed by atoms with van der Waals surface area (Å²) in [6.07, 6.45) is 1.06. The van der Waals surface area contributed by atoms with Crippen LogP contribution in [0.2, 0.25) is 0 Å². The zero-order valence-corrected chi connectivity index (χ0v) is 15.6. The number of nitrogens with zero attached hydrogens (tertiary/aromatic N) is 1. The van der Waals surface area contributed by atoms with E-state index in [0.29, 0.717) is 12.0 Å². The first-order valence-electron chi connectivity index (χ1n) is 8.00. The third-order valence-corrected chi connectivity index (χ3v) is 5.00. The van der Waals surface area contributed by atoms with Crippen molar-refractivity contribution in [1.29, 1.82) is 0 Å². The molecule has 0 amide bonds. The minimum absolute atomic E-state index is 0.137. The fourth-order valence-corrected chi connectivity index (χ4v) is 3.19. The van der Waals surface area contributed by atoms with Gasteiger partial charge < -0.3 is 10.1 Å². The zero-order valence-electron chi connectivity index (χ0n) is 14.7. The van der Waals surface area contributed by atoms with Crippen LogP contribution in [0.5, 0.6) is 0 Å². The Bertz CT molecular complexity index is 421. The van der Waals surface area contributed by atoms with Crippen LogP contribution in [0.3, 0.4) is 0 Å². The number of ether oxygens (including phenoxy) is 1. The van der Waals surface area contributed by atoms with E-state index in [-0.39, 0.29) is 5.41 Å². The maximum Gasteiger partial charge on any atom is 0.0985 e. The van der Waals surface area contributed by atoms with Crippen molar-refractivity contribution in [3.63, 3.8) is 0 Å². The van der Waals surface area contributed by atoms with E-state index in [9.17, 15) is 0 Å². The molecule has 0 radical (unpaired) electrons. The number of hydrogen-bond acceptors (Lipinski definition) is 4. The summed E-state index contributed by atoms with van der Waals surface area (Å²) in [6.45, 7) is 18.1. The molecule has 122 valence electrons. The molecule has 0 spiro atoms. The van der Waals surface area contributed by atoms with Gasteiger partial charge in [-0.15, -0.1) is 11.3 Å². The van der Waals surface area contributed by atoms with Crippen LogP contribution in [0.25, 0.3) is 0 Å². The van der Waals surface area contributed by atoms with Crippen molar-refractivity contribution in [3.05, 3.63) is 15.6 Å². The van der Waals surface area contributed by atoms with Crippen LogP contribution in [0, 0.1) is 12.8 Å². The molecule has 0 aliphatic rings. The average Bonchev–Trinajstić information content (AvgIpc) is 2.75. The Kier molecular flexibility index (Phi) is 7.31. The average molecular weight is 313 g/mol. The molecule has 3 nitrogen and oxygen atoms in total. The first-order valence-corrected chi connectivity index (χ1v) is 8.82. The number of aryl methyl sites for hydroxylation is 1. The largest absolute Gasteiger partial charge is 0.381 e. The molecule has 21 heavy (non-hydrogen) atoms. The van der Waals surface area contributed by atoms with Crippen LogP contribution in [0.4, 0.5) is 0 Å². The van der Waals surface area contributed by atoms with Gasteiger partial charge in [0.05, 0.1) is 10.7 Å². The predicted molar refractivity (Wildman–Crippen MR) is 92.2 cm³/mol. The van der Waals surface area contributed by atoms with Crippen LogP contribution in [0.15, 0.2) is 0 Å². The van der Waals surface area contributed by atoms with Gasteiger partial charge in [0.15, 0.2) is 0 Å². The molecule has 0 saturated carbocycles. The summed E-state index contributed by atoms with van der Waals surface area (Å²) in [5, 5.41) is 4.81. The van der Waals surface area contributed by atoms with E-state index in [1.54, 1.807) is 0 Å². The normalized spacial score (nSPS) is 13.9. The Morgan fingerprint density at radius 2 is 1.90 bits per heavy atom. The number of aromatic nitrogens is 1. The smallest absolute Gasteiger partial charge is 0.0985 e. The van der Waals surface area contributed by atoms with Crippen LogP contribution in [-0.4, -0.2) is 24.7 Å². The van der Waals surface area contributed by atoms with E-state index < -0.39 is 0 Å². The molecule has 0 aromatic carbocycles. The maximum atomic E-state index is 5.61. The molecule has 1 rings (SSSR count). The standard InChI is InChI=1S/C17H32N2OS/c1-12(2)11-20-10-8-9-18-13(3)15-14(4)19-16(21-15)17(5,6)7/h12-13,18H,8-11H2,1-7H3. The minimum Gasteiger partial charge on any atom is -0.381 e. The molecule has 1 aromatic heterocycles. The lowest BCUT2D eigenvalue weighted by Gasteiger charge is -2.15. The lowest BCUT2D eigenvalue weighted by Crippen LogP contribution is -2.21. The second-order valence-corrected chi connectivity index (χ2v) is 8.25. The van der Waals surface area contributed by atoms with Crippen molar-refractivity contribution < 1.29 is 4.74 Å². The van der Waals surface area contributed by atoms with Crippen molar-refractivity contribution >= 4 is 11.3 Å². The highest BCUT2D eigenvalue weighted by atomic mass is 32.1. The predicted octanol–water partition coefficient (Wildman–Crippen LogP) is 4.46. The highest BCUT2D eigenvalue weighted by molar-refractivity contribution is 7.12. The molecule has 0 aliphatic carbocycles. The van der Waals surface area contributed by atoms with Crippen LogP contribution >= 0.6 is 11.3 Å². The molecule has 0 saturated heterocycles. The molecule has 1 atom stereocenters. The summed E-state index contributed by atoms with van der Waals surface area (Å²) in [7, 11) is 0. The summed E-state index contributed by atoms with van der Waals surface area (Å²) in [5.74, 6) is 0.618. The van der Waals surface area contributed by atoms with Gasteiger partial charge in [-0.05, 0) is 32.7 Å². The molecular weight excluding hydrogens is 280 g/mol. The first-order chi connectivity index (χ1) is 9.71. The van der Waals surface area contributed by atoms with E-state index in [4.69, 9.17) is 9.72 Å². The number of thiazole rings is 1. The van der Waals surface area contributed by atoms with Crippen molar-refractivity contribution in [1.82, 2.24) is 10.3 Å². The van der Waals surface area contributed by atoms with Gasteiger partial charge in [0.2, 0.25) is 0 Å². The lowest BCUT2D eigenvalue weighted by atomic mass is 9.98. The molecular formula is C17H32N2OS. The van der Waals surface area contributed by atoms with Crippen LogP contribution in [-0.2, 0) is 10.2 Å². The topological polar surface area (TPSA) is 34.2 Å². The SMILES string of the molecule is Cc1nc(C(C)(C)C)sc1C(C)NCCCOCC(C)C. The summed E-state index contributed by atoms with van der Waals surface area (Å²) in [4.78, 5) is 6.10. The zero-order chi connectivity index (χ0) is 16.0. The van der Waals surface area contributed by atoms with Crippen molar-refractivity contribution in [2.75, 3.05) is 19.8 Å². The molecule has 1 N–H and O–H groups in total. The fraction of sp³-hybridized carbons (Fsp3) is 0.824. The minimum atomic E-state index is 0.137. The molecule has 4 heteroatoms. The van der Waals surface area contributed by atoms with Gasteiger partial charge >= 0.3 is 0 Å². The summed E-state index contributed by atoms with van der Waals surface area (Å²) in [5.41, 5.74) is 1.30. The van der Waals surface area contributed by atoms with E-state index >= 15 is 0 Å². The van der Waals surface area contributed by atoms with Gasteiger partial charge in [0, 0.05) is 29.5 Å². The van der Waals surface area contributed by atoms with Crippen LogP contribution in [0.1, 0.15) is 69.6 Å². The monoisotopic (exact) mass is 312 g/mol. The van der Waals surface area contributed by atoms with Crippen molar-refractivity contribution in [2.24, 2.45) is 5.92 Å². The molecule has 1 aromatic rings. The van der Waals surface area contributed by atoms with Crippen molar-refractivity contribution in [2.45, 2.75) is 66.3 Å². The highest BCUT2D eigenvalue weighted by Gasteiger charge is 2.22. The first kappa shape index (κ1) is 18.6. The molecule has 1 unspecified atom stereocenters. The van der Waals surface area contributed by atoms with E-state index in [2.05, 4.69) is 53.8 Å².